The minimum Gasteiger partial charge on any atom is -0.378 e. The van der Waals surface area contributed by atoms with Crippen molar-refractivity contribution in [1.29, 1.82) is 0 Å². The van der Waals surface area contributed by atoms with Crippen LogP contribution in [0.15, 0.2) is 10.9 Å². The number of carbonyl (C=O) groups is 1. The molecule has 0 spiro atoms. The molecule has 1 aromatic heterocycles. The van der Waals surface area contributed by atoms with Gasteiger partial charge in [-0.3, -0.25) is 19.5 Å². The van der Waals surface area contributed by atoms with Crippen LogP contribution < -0.4 is 10.5 Å². The highest BCUT2D eigenvalue weighted by atomic mass is 16.5. The van der Waals surface area contributed by atoms with Crippen LogP contribution in [0, 0.1) is 5.92 Å². The highest BCUT2D eigenvalue weighted by molar-refractivity contribution is 5.80. The molecule has 8 nitrogen and oxygen atoms in total. The van der Waals surface area contributed by atoms with Gasteiger partial charge in [-0.05, 0) is 26.8 Å². The fourth-order valence-corrected chi connectivity index (χ4v) is 3.76. The average Bonchev–Trinajstić information content (AvgIpc) is 3.22. The highest BCUT2D eigenvalue weighted by Gasteiger charge is 2.37. The van der Waals surface area contributed by atoms with Gasteiger partial charge in [0, 0.05) is 52.4 Å². The first-order chi connectivity index (χ1) is 12.3. The lowest BCUT2D eigenvalue weighted by Crippen LogP contribution is -2.40. The van der Waals surface area contributed by atoms with Gasteiger partial charge in [-0.25, -0.2) is 4.98 Å². The molecule has 0 aliphatic carbocycles. The van der Waals surface area contributed by atoms with E-state index in [1.807, 2.05) is 33.0 Å². The summed E-state index contributed by atoms with van der Waals surface area (Å²) in [6.45, 7) is 4.75. The normalized spacial score (nSPS) is 25.9. The van der Waals surface area contributed by atoms with Crippen molar-refractivity contribution in [2.24, 2.45) is 5.92 Å². The van der Waals surface area contributed by atoms with E-state index in [2.05, 4.69) is 14.9 Å². The Morgan fingerprint density at radius 1 is 1.38 bits per heavy atom. The number of aromatic amines is 1. The Labute approximate surface area is 154 Å². The molecule has 1 aromatic rings. The van der Waals surface area contributed by atoms with Crippen LogP contribution in [0.5, 0.6) is 0 Å². The number of likely N-dealkylation sites (tertiary alicyclic amines) is 1. The second-order valence-corrected chi connectivity index (χ2v) is 7.57. The fraction of sp³-hybridized carbons (Fsp3) is 0.722. The van der Waals surface area contributed by atoms with Gasteiger partial charge in [0.25, 0.3) is 5.56 Å². The maximum atomic E-state index is 12.7. The zero-order valence-corrected chi connectivity index (χ0v) is 16.1. The average molecular weight is 363 g/mol. The van der Waals surface area contributed by atoms with Crippen molar-refractivity contribution < 1.29 is 9.53 Å². The third-order valence-corrected chi connectivity index (χ3v) is 5.41. The molecule has 1 amide bonds. The predicted molar refractivity (Wildman–Crippen MR) is 99.2 cm³/mol. The molecular formula is C18H29N5O3. The van der Waals surface area contributed by atoms with E-state index in [4.69, 9.17) is 4.74 Å². The Morgan fingerprint density at radius 3 is 2.81 bits per heavy atom. The van der Waals surface area contributed by atoms with E-state index in [1.165, 1.54) is 0 Å². The summed E-state index contributed by atoms with van der Waals surface area (Å²) in [5.74, 6) is 0.769. The molecule has 3 atom stereocenters. The van der Waals surface area contributed by atoms with Crippen molar-refractivity contribution in [2.45, 2.75) is 38.5 Å². The monoisotopic (exact) mass is 363 g/mol. The Balaban J connectivity index is 1.60. The number of nitrogens with zero attached hydrogens (tertiary/aromatic N) is 4. The summed E-state index contributed by atoms with van der Waals surface area (Å²) in [5.41, 5.74) is 0.591. The van der Waals surface area contributed by atoms with Crippen LogP contribution in [0.2, 0.25) is 0 Å². The molecule has 0 radical (unpaired) electrons. The second kappa shape index (κ2) is 7.75. The summed E-state index contributed by atoms with van der Waals surface area (Å²) in [5, 5.41) is 0. The number of anilines is 1. The summed E-state index contributed by atoms with van der Waals surface area (Å²) >= 11 is 0. The fourth-order valence-electron chi connectivity index (χ4n) is 3.76. The zero-order chi connectivity index (χ0) is 18.8. The molecule has 3 heterocycles. The molecule has 0 bridgehead atoms. The number of carbonyl (C=O) groups excluding carboxylic acids is 1. The maximum absolute atomic E-state index is 12.7. The first-order valence-corrected chi connectivity index (χ1v) is 9.23. The SMILES string of the molecule is CC1OCCC1C(=O)N1CCC(N(C)Cc2cc(=O)[nH]c(N(C)C)n2)C1. The van der Waals surface area contributed by atoms with Crippen LogP contribution in [0.3, 0.4) is 0 Å². The van der Waals surface area contributed by atoms with Gasteiger partial charge in [0.15, 0.2) is 0 Å². The van der Waals surface area contributed by atoms with Crippen LogP contribution in [0.4, 0.5) is 5.95 Å². The van der Waals surface area contributed by atoms with Crippen LogP contribution in [-0.4, -0.2) is 78.7 Å². The van der Waals surface area contributed by atoms with Crippen molar-refractivity contribution in [2.75, 3.05) is 45.7 Å². The molecule has 2 aliphatic heterocycles. The number of hydrogen-bond donors (Lipinski definition) is 1. The van der Waals surface area contributed by atoms with Crippen LogP contribution >= 0.6 is 0 Å². The molecule has 26 heavy (non-hydrogen) atoms. The Kier molecular flexibility index (Phi) is 5.62. The first kappa shape index (κ1) is 18.8. The van der Waals surface area contributed by atoms with Crippen LogP contribution in [0.1, 0.15) is 25.5 Å². The zero-order valence-electron chi connectivity index (χ0n) is 16.1. The molecule has 1 N–H and O–H groups in total. The van der Waals surface area contributed by atoms with E-state index in [9.17, 15) is 9.59 Å². The molecule has 3 rings (SSSR count). The minimum atomic E-state index is -0.148. The van der Waals surface area contributed by atoms with E-state index in [0.717, 1.165) is 31.6 Å². The van der Waals surface area contributed by atoms with Crippen molar-refractivity contribution in [3.63, 3.8) is 0 Å². The number of likely N-dealkylation sites (N-methyl/N-ethyl adjacent to an activating group) is 1. The third-order valence-electron chi connectivity index (χ3n) is 5.41. The molecule has 0 aromatic carbocycles. The van der Waals surface area contributed by atoms with E-state index < -0.39 is 0 Å². The summed E-state index contributed by atoms with van der Waals surface area (Å²) < 4.78 is 5.54. The Hall–Kier alpha value is -1.93. The quantitative estimate of drug-likeness (QED) is 0.810. The van der Waals surface area contributed by atoms with Gasteiger partial charge >= 0.3 is 0 Å². The van der Waals surface area contributed by atoms with E-state index in [-0.39, 0.29) is 29.5 Å². The van der Waals surface area contributed by atoms with Gasteiger partial charge in [-0.2, -0.15) is 0 Å². The van der Waals surface area contributed by atoms with Gasteiger partial charge < -0.3 is 14.5 Å². The largest absolute Gasteiger partial charge is 0.378 e. The van der Waals surface area contributed by atoms with Crippen molar-refractivity contribution >= 4 is 11.9 Å². The van der Waals surface area contributed by atoms with Crippen molar-refractivity contribution in [3.8, 4) is 0 Å². The maximum Gasteiger partial charge on any atom is 0.252 e. The minimum absolute atomic E-state index is 0.00365. The third kappa shape index (κ3) is 4.07. The van der Waals surface area contributed by atoms with Crippen molar-refractivity contribution in [3.05, 3.63) is 22.1 Å². The Morgan fingerprint density at radius 2 is 2.15 bits per heavy atom. The number of amides is 1. The summed E-state index contributed by atoms with van der Waals surface area (Å²) in [6.07, 6.45) is 1.78. The van der Waals surface area contributed by atoms with E-state index in [0.29, 0.717) is 19.1 Å². The number of hydrogen-bond acceptors (Lipinski definition) is 6. The smallest absolute Gasteiger partial charge is 0.252 e. The molecule has 2 fully saturated rings. The lowest BCUT2D eigenvalue weighted by molar-refractivity contribution is -0.136. The van der Waals surface area contributed by atoms with Gasteiger partial charge in [0.2, 0.25) is 11.9 Å². The summed E-state index contributed by atoms with van der Waals surface area (Å²) in [4.78, 5) is 37.7. The summed E-state index contributed by atoms with van der Waals surface area (Å²) in [6, 6.07) is 1.82. The molecule has 0 saturated carbocycles. The van der Waals surface area contributed by atoms with Crippen LogP contribution in [-0.2, 0) is 16.1 Å². The van der Waals surface area contributed by atoms with Gasteiger partial charge in [0.1, 0.15) is 0 Å². The summed E-state index contributed by atoms with van der Waals surface area (Å²) in [7, 11) is 5.72. The highest BCUT2D eigenvalue weighted by Crippen LogP contribution is 2.26. The molecule has 8 heteroatoms. The molecular weight excluding hydrogens is 334 g/mol. The van der Waals surface area contributed by atoms with Crippen molar-refractivity contribution in [1.82, 2.24) is 19.8 Å². The van der Waals surface area contributed by atoms with Gasteiger partial charge in [0.05, 0.1) is 17.7 Å². The number of rotatable bonds is 5. The van der Waals surface area contributed by atoms with Crippen LogP contribution in [0.25, 0.3) is 0 Å². The molecule has 2 saturated heterocycles. The number of nitrogens with one attached hydrogen (secondary N) is 1. The van der Waals surface area contributed by atoms with Gasteiger partial charge in [-0.1, -0.05) is 0 Å². The lowest BCUT2D eigenvalue weighted by Gasteiger charge is -2.26. The topological polar surface area (TPSA) is 81.8 Å². The first-order valence-electron chi connectivity index (χ1n) is 9.23. The number of aromatic nitrogens is 2. The number of ether oxygens (including phenoxy) is 1. The lowest BCUT2D eigenvalue weighted by atomic mass is 10.0. The predicted octanol–water partition coefficient (Wildman–Crippen LogP) is 0.294. The standard InChI is InChI=1S/C18H29N5O3/c1-12-15(6-8-26-12)17(25)23-7-5-14(11-23)22(4)10-13-9-16(24)20-18(19-13)21(2)3/h9,12,14-15H,5-8,10-11H2,1-4H3,(H,19,20,24). The molecule has 2 aliphatic rings. The Bertz CT molecular complexity index is 704. The second-order valence-electron chi connectivity index (χ2n) is 7.57. The number of H-pyrrole nitrogens is 1. The van der Waals surface area contributed by atoms with Gasteiger partial charge in [-0.15, -0.1) is 0 Å². The van der Waals surface area contributed by atoms with E-state index in [1.54, 1.807) is 11.0 Å². The van der Waals surface area contributed by atoms with E-state index >= 15 is 0 Å². The molecule has 144 valence electrons. The molecule has 3 unspecified atom stereocenters.